The van der Waals surface area contributed by atoms with E-state index in [1.54, 1.807) is 31.9 Å². The van der Waals surface area contributed by atoms with Crippen molar-refractivity contribution < 1.29 is 23.9 Å². The number of allylic oxidation sites excluding steroid dienone is 2. The molecule has 0 aromatic heterocycles. The summed E-state index contributed by atoms with van der Waals surface area (Å²) in [6, 6.07) is 15.6. The summed E-state index contributed by atoms with van der Waals surface area (Å²) in [6.45, 7) is 19.8. The van der Waals surface area contributed by atoms with Crippen molar-refractivity contribution in [2.24, 2.45) is 50.2 Å². The molecule has 1 aliphatic heterocycles. The quantitative estimate of drug-likeness (QED) is 0.211. The van der Waals surface area contributed by atoms with Crippen molar-refractivity contribution in [3.8, 4) is 11.5 Å². The minimum absolute atomic E-state index is 0.00470. The highest BCUT2D eigenvalue weighted by Crippen LogP contribution is 2.76. The first-order valence-electron chi connectivity index (χ1n) is 23.6. The Morgan fingerprint density at radius 2 is 1.26 bits per heavy atom. The van der Waals surface area contributed by atoms with E-state index in [4.69, 9.17) is 9.47 Å². The molecule has 3 amide bonds. The molecule has 4 saturated carbocycles. The van der Waals surface area contributed by atoms with Gasteiger partial charge in [0.25, 0.3) is 0 Å². The van der Waals surface area contributed by atoms with E-state index in [0.29, 0.717) is 43.9 Å². The molecule has 1 saturated heterocycles. The smallest absolute Gasteiger partial charge is 0.246 e. The third-order valence-corrected chi connectivity index (χ3v) is 18.4. The summed E-state index contributed by atoms with van der Waals surface area (Å²) in [5.41, 5.74) is 3.56. The number of benzene rings is 2. The summed E-state index contributed by atoms with van der Waals surface area (Å²) >= 11 is 0. The lowest BCUT2D eigenvalue weighted by molar-refractivity contribution is -0.190. The topological polar surface area (TPSA) is 88.2 Å². The number of carbonyl (C=O) groups is 3. The molecule has 1 N–H and O–H groups in total. The predicted octanol–water partition coefficient (Wildman–Crippen LogP) is 10.4. The van der Waals surface area contributed by atoms with Crippen LogP contribution >= 0.6 is 0 Å². The highest BCUT2D eigenvalue weighted by Gasteiger charge is 2.69. The van der Waals surface area contributed by atoms with E-state index in [1.807, 2.05) is 65.6 Å². The second kappa shape index (κ2) is 16.3. The number of amides is 3. The van der Waals surface area contributed by atoms with Crippen molar-refractivity contribution in [2.45, 2.75) is 119 Å². The number of hydrogen-bond donors (Lipinski definition) is 1. The van der Waals surface area contributed by atoms with Crippen LogP contribution in [0.4, 0.5) is 0 Å². The molecule has 2 aromatic rings. The van der Waals surface area contributed by atoms with Gasteiger partial charge in [0.1, 0.15) is 11.5 Å². The number of fused-ring (bicyclic) bond motifs is 7. The van der Waals surface area contributed by atoms with Crippen LogP contribution in [0.2, 0.25) is 0 Å². The fraction of sp³-hybridized carbons (Fsp3) is 0.611. The van der Waals surface area contributed by atoms with Crippen LogP contribution < -0.4 is 14.8 Å². The van der Waals surface area contributed by atoms with Gasteiger partial charge < -0.3 is 24.6 Å². The van der Waals surface area contributed by atoms with Gasteiger partial charge in [-0.25, -0.2) is 0 Å². The van der Waals surface area contributed by atoms with Gasteiger partial charge in [-0.15, -0.1) is 0 Å². The minimum atomic E-state index is -0.383. The standard InChI is InChI=1S/C54H73N3O5/c1-49(2)28-30-54(48(60)57-34-32-56(33-35-57)47(59)23-15-38-12-18-40(62-9)19-13-38)31-29-52(6)41(42(54)36-49)20-21-44-51(5)26-25-45(50(3,4)43(51)24-27-53(44,52)7)55-46(58)22-14-37-10-16-39(61-8)17-11-37/h10-20,22-23,42-45H,21,24-36H2,1-9H3,(H,55,58)/b22-14+,23-15+/t42-,43-,44+,45-,51-,52+,53+,54-/m0/s1. The first-order chi connectivity index (χ1) is 29.4. The van der Waals surface area contributed by atoms with Gasteiger partial charge in [0, 0.05) is 44.4 Å². The number of hydrogen-bond acceptors (Lipinski definition) is 5. The maximum Gasteiger partial charge on any atom is 0.246 e. The van der Waals surface area contributed by atoms with Gasteiger partial charge >= 0.3 is 0 Å². The Balaban J connectivity index is 0.978. The number of ether oxygens (including phenoxy) is 2. The Bertz CT molecular complexity index is 2110. The number of methoxy groups -OCH3 is 2. The van der Waals surface area contributed by atoms with Crippen LogP contribution in [0.1, 0.15) is 124 Å². The number of rotatable bonds is 8. The second-order valence-corrected chi connectivity index (χ2v) is 22.1. The van der Waals surface area contributed by atoms with Crippen LogP contribution in [0.5, 0.6) is 11.5 Å². The lowest BCUT2D eigenvalue weighted by atomic mass is 9.33. The van der Waals surface area contributed by atoms with Gasteiger partial charge in [-0.05, 0) is 157 Å². The fourth-order valence-electron chi connectivity index (χ4n) is 14.4. The summed E-state index contributed by atoms with van der Waals surface area (Å²) in [5.74, 6) is 3.18. The molecule has 8 heteroatoms. The van der Waals surface area contributed by atoms with E-state index in [0.717, 1.165) is 80.4 Å². The average Bonchev–Trinajstić information content (AvgIpc) is 3.26. The maximum absolute atomic E-state index is 15.2. The average molecular weight is 844 g/mol. The molecular formula is C54H73N3O5. The predicted molar refractivity (Wildman–Crippen MR) is 248 cm³/mol. The Morgan fingerprint density at radius 3 is 1.87 bits per heavy atom. The zero-order chi connectivity index (χ0) is 44.3. The molecule has 1 heterocycles. The Labute approximate surface area is 371 Å². The van der Waals surface area contributed by atoms with Crippen molar-refractivity contribution in [1.29, 1.82) is 0 Å². The maximum atomic E-state index is 15.2. The molecule has 2 aromatic carbocycles. The molecule has 0 bridgehead atoms. The molecule has 5 fully saturated rings. The van der Waals surface area contributed by atoms with E-state index in [2.05, 4.69) is 64.8 Å². The van der Waals surface area contributed by atoms with E-state index in [-0.39, 0.29) is 56.3 Å². The Kier molecular flexibility index (Phi) is 11.7. The van der Waals surface area contributed by atoms with Gasteiger partial charge in [-0.1, -0.05) is 84.4 Å². The molecule has 6 aliphatic rings. The first-order valence-corrected chi connectivity index (χ1v) is 23.6. The molecule has 8 rings (SSSR count). The van der Waals surface area contributed by atoms with Crippen LogP contribution in [0, 0.1) is 50.2 Å². The minimum Gasteiger partial charge on any atom is -0.497 e. The van der Waals surface area contributed by atoms with E-state index in [9.17, 15) is 9.59 Å². The fourth-order valence-corrected chi connectivity index (χ4v) is 14.4. The third-order valence-electron chi connectivity index (χ3n) is 18.4. The number of piperazine rings is 1. The zero-order valence-electron chi connectivity index (χ0n) is 39.2. The monoisotopic (exact) mass is 844 g/mol. The summed E-state index contributed by atoms with van der Waals surface area (Å²) in [7, 11) is 3.31. The van der Waals surface area contributed by atoms with Crippen LogP contribution in [-0.2, 0) is 14.4 Å². The second-order valence-electron chi connectivity index (χ2n) is 22.1. The highest BCUT2D eigenvalue weighted by atomic mass is 16.5. The van der Waals surface area contributed by atoms with Crippen LogP contribution in [0.3, 0.4) is 0 Å². The number of carbonyl (C=O) groups excluding carboxylic acids is 3. The van der Waals surface area contributed by atoms with Crippen molar-refractivity contribution in [1.82, 2.24) is 15.1 Å². The summed E-state index contributed by atoms with van der Waals surface area (Å²) in [4.78, 5) is 45.9. The van der Waals surface area contributed by atoms with Crippen molar-refractivity contribution in [3.63, 3.8) is 0 Å². The summed E-state index contributed by atoms with van der Waals surface area (Å²) < 4.78 is 10.6. The van der Waals surface area contributed by atoms with Crippen molar-refractivity contribution >= 4 is 29.9 Å². The van der Waals surface area contributed by atoms with Gasteiger partial charge in [0.2, 0.25) is 17.7 Å². The van der Waals surface area contributed by atoms with E-state index in [1.165, 1.54) is 6.42 Å². The van der Waals surface area contributed by atoms with Crippen molar-refractivity contribution in [2.75, 3.05) is 40.4 Å². The highest BCUT2D eigenvalue weighted by molar-refractivity contribution is 5.93. The van der Waals surface area contributed by atoms with Gasteiger partial charge in [-0.3, -0.25) is 14.4 Å². The number of nitrogens with zero attached hydrogens (tertiary/aromatic N) is 2. The van der Waals surface area contributed by atoms with Crippen LogP contribution in [0.25, 0.3) is 12.2 Å². The lowest BCUT2D eigenvalue weighted by Crippen LogP contribution is -2.67. The van der Waals surface area contributed by atoms with Crippen LogP contribution in [0.15, 0.2) is 72.3 Å². The molecule has 62 heavy (non-hydrogen) atoms. The van der Waals surface area contributed by atoms with E-state index >= 15 is 4.79 Å². The van der Waals surface area contributed by atoms with Gasteiger partial charge in [0.05, 0.1) is 19.6 Å². The van der Waals surface area contributed by atoms with Crippen molar-refractivity contribution in [3.05, 3.63) is 83.5 Å². The molecule has 8 nitrogen and oxygen atoms in total. The number of nitrogens with one attached hydrogen (secondary N) is 1. The Hall–Kier alpha value is -4.33. The SMILES string of the molecule is COc1ccc(/C=C/C(=O)N[C@H]2CC[C@]3(C)[C@H]4CC=C5[C@@H]6CC(C)(C)CC[C@]6(C(=O)N6CCN(C(=O)/C=C/c7ccc(OC)cc7)CC6)CC[C@@]5(C)[C@]4(C)CC[C@H]3C2(C)C)cc1. The summed E-state index contributed by atoms with van der Waals surface area (Å²) in [5, 5.41) is 3.47. The molecule has 5 aliphatic carbocycles. The molecule has 0 spiro atoms. The molecule has 0 radical (unpaired) electrons. The first kappa shape index (κ1) is 44.3. The lowest BCUT2D eigenvalue weighted by Gasteiger charge is -2.71. The molecular weight excluding hydrogens is 771 g/mol. The molecule has 0 unspecified atom stereocenters. The largest absolute Gasteiger partial charge is 0.497 e. The molecule has 334 valence electrons. The van der Waals surface area contributed by atoms with Gasteiger partial charge in [-0.2, -0.15) is 0 Å². The molecule has 8 atom stereocenters. The summed E-state index contributed by atoms with van der Waals surface area (Å²) in [6.07, 6.45) is 20.3. The Morgan fingerprint density at radius 1 is 0.677 bits per heavy atom. The third kappa shape index (κ3) is 7.53. The van der Waals surface area contributed by atoms with Gasteiger partial charge in [0.15, 0.2) is 0 Å². The van der Waals surface area contributed by atoms with Crippen LogP contribution in [-0.4, -0.2) is 74.0 Å². The van der Waals surface area contributed by atoms with E-state index < -0.39 is 0 Å². The zero-order valence-corrected chi connectivity index (χ0v) is 39.2. The normalized spacial score (nSPS) is 34.9.